The van der Waals surface area contributed by atoms with Crippen LogP contribution >= 0.6 is 27.3 Å². The molecule has 2 aromatic rings. The van der Waals surface area contributed by atoms with Crippen LogP contribution in [0.5, 0.6) is 5.75 Å². The Bertz CT molecular complexity index is 389. The number of thiophene rings is 1. The Hall–Kier alpha value is -0.800. The Kier molecular flexibility index (Phi) is 2.38. The van der Waals surface area contributed by atoms with Crippen LogP contribution in [0.1, 0.15) is 0 Å². The summed E-state index contributed by atoms with van der Waals surface area (Å²) in [5.74, 6) is 0.290. The first-order chi connectivity index (χ1) is 6.25. The summed E-state index contributed by atoms with van der Waals surface area (Å²) in [7, 11) is 0. The molecule has 3 heteroatoms. The molecule has 0 saturated heterocycles. The van der Waals surface area contributed by atoms with Crippen molar-refractivity contribution in [1.82, 2.24) is 0 Å². The van der Waals surface area contributed by atoms with Crippen molar-refractivity contribution < 1.29 is 5.11 Å². The van der Waals surface area contributed by atoms with Gasteiger partial charge in [0, 0.05) is 9.35 Å². The van der Waals surface area contributed by atoms with Gasteiger partial charge in [-0.1, -0.05) is 22.0 Å². The van der Waals surface area contributed by atoms with Crippen molar-refractivity contribution in [3.63, 3.8) is 0 Å². The lowest BCUT2D eigenvalue weighted by Crippen LogP contribution is -1.73. The van der Waals surface area contributed by atoms with Crippen molar-refractivity contribution in [1.29, 1.82) is 0 Å². The van der Waals surface area contributed by atoms with Gasteiger partial charge in [0.1, 0.15) is 5.75 Å². The molecule has 2 rings (SSSR count). The first kappa shape index (κ1) is 8.78. The van der Waals surface area contributed by atoms with Crippen LogP contribution in [0, 0.1) is 0 Å². The Balaban J connectivity index is 2.53. The molecule has 0 saturated carbocycles. The minimum atomic E-state index is 0.290. The highest BCUT2D eigenvalue weighted by Gasteiger charge is 2.01. The maximum absolute atomic E-state index is 9.37. The second-order valence-electron chi connectivity index (χ2n) is 2.68. The third-order valence-corrected chi connectivity index (χ3v) is 3.07. The monoisotopic (exact) mass is 254 g/mol. The van der Waals surface area contributed by atoms with Gasteiger partial charge in [0.2, 0.25) is 0 Å². The molecule has 1 aromatic heterocycles. The van der Waals surface area contributed by atoms with E-state index in [2.05, 4.69) is 15.9 Å². The fraction of sp³-hybridized carbons (Fsp3) is 0. The summed E-state index contributed by atoms with van der Waals surface area (Å²) >= 11 is 5.00. The van der Waals surface area contributed by atoms with E-state index in [-0.39, 0.29) is 5.75 Å². The number of phenolic OH excluding ortho intramolecular Hbond substituents is 1. The van der Waals surface area contributed by atoms with E-state index >= 15 is 0 Å². The summed E-state index contributed by atoms with van der Waals surface area (Å²) in [6.45, 7) is 0. The van der Waals surface area contributed by atoms with Crippen LogP contribution in [0.2, 0.25) is 0 Å². The lowest BCUT2D eigenvalue weighted by molar-refractivity contribution is 0.475. The largest absolute Gasteiger partial charge is 0.508 e. The first-order valence-electron chi connectivity index (χ1n) is 3.79. The van der Waals surface area contributed by atoms with E-state index in [1.165, 1.54) is 0 Å². The Morgan fingerprint density at radius 1 is 1.23 bits per heavy atom. The zero-order valence-corrected chi connectivity index (χ0v) is 9.10. The Morgan fingerprint density at radius 3 is 2.69 bits per heavy atom. The molecule has 0 spiro atoms. The smallest absolute Gasteiger partial charge is 0.117 e. The van der Waals surface area contributed by atoms with Crippen LogP contribution < -0.4 is 0 Å². The zero-order valence-electron chi connectivity index (χ0n) is 6.70. The fourth-order valence-electron chi connectivity index (χ4n) is 1.16. The number of hydrogen-bond acceptors (Lipinski definition) is 2. The van der Waals surface area contributed by atoms with Crippen molar-refractivity contribution in [2.45, 2.75) is 0 Å². The van der Waals surface area contributed by atoms with Crippen LogP contribution in [0.3, 0.4) is 0 Å². The number of benzene rings is 1. The molecular weight excluding hydrogens is 248 g/mol. The summed E-state index contributed by atoms with van der Waals surface area (Å²) < 4.78 is 0.899. The average Bonchev–Trinajstić information content (AvgIpc) is 2.53. The van der Waals surface area contributed by atoms with Crippen molar-refractivity contribution in [3.05, 3.63) is 40.2 Å². The van der Waals surface area contributed by atoms with Crippen LogP contribution in [-0.2, 0) is 0 Å². The molecule has 0 aliphatic heterocycles. The number of aromatic hydroxyl groups is 1. The molecule has 1 nitrogen and oxygen atoms in total. The van der Waals surface area contributed by atoms with Gasteiger partial charge in [-0.3, -0.25) is 0 Å². The highest BCUT2D eigenvalue weighted by molar-refractivity contribution is 9.10. The molecule has 0 aliphatic carbocycles. The highest BCUT2D eigenvalue weighted by Crippen LogP contribution is 2.30. The topological polar surface area (TPSA) is 20.2 Å². The first-order valence-corrected chi connectivity index (χ1v) is 5.46. The fourth-order valence-corrected chi connectivity index (χ4v) is 2.36. The summed E-state index contributed by atoms with van der Waals surface area (Å²) in [5.41, 5.74) is 1.04. The molecule has 0 aliphatic rings. The number of rotatable bonds is 1. The van der Waals surface area contributed by atoms with Gasteiger partial charge in [0.05, 0.1) is 0 Å². The van der Waals surface area contributed by atoms with Crippen molar-refractivity contribution in [3.8, 4) is 16.2 Å². The second-order valence-corrected chi connectivity index (χ2v) is 4.54. The van der Waals surface area contributed by atoms with Crippen molar-refractivity contribution in [2.75, 3.05) is 0 Å². The number of halogens is 1. The Labute approximate surface area is 88.8 Å². The molecule has 66 valence electrons. The summed E-state index contributed by atoms with van der Waals surface area (Å²) in [6, 6.07) is 9.46. The van der Waals surface area contributed by atoms with Gasteiger partial charge >= 0.3 is 0 Å². The molecule has 1 N–H and O–H groups in total. The summed E-state index contributed by atoms with van der Waals surface area (Å²) in [5, 5.41) is 11.4. The molecule has 13 heavy (non-hydrogen) atoms. The molecular formula is C10H7BrOS. The van der Waals surface area contributed by atoms with Gasteiger partial charge in [-0.25, -0.2) is 0 Å². The molecule has 0 radical (unpaired) electrons. The molecule has 1 aromatic carbocycles. The highest BCUT2D eigenvalue weighted by atomic mass is 79.9. The quantitative estimate of drug-likeness (QED) is 0.819. The van der Waals surface area contributed by atoms with Crippen molar-refractivity contribution in [2.24, 2.45) is 0 Å². The predicted molar refractivity (Wildman–Crippen MR) is 59.1 cm³/mol. The normalized spacial score (nSPS) is 10.2. The SMILES string of the molecule is Oc1cc(Br)cc(-c2cccs2)c1. The number of phenols is 1. The second kappa shape index (κ2) is 3.52. The lowest BCUT2D eigenvalue weighted by atomic mass is 10.2. The third-order valence-electron chi connectivity index (χ3n) is 1.69. The van der Waals surface area contributed by atoms with Gasteiger partial charge in [-0.05, 0) is 35.2 Å². The molecule has 0 atom stereocenters. The van der Waals surface area contributed by atoms with Crippen molar-refractivity contribution >= 4 is 27.3 Å². The summed E-state index contributed by atoms with van der Waals surface area (Å²) in [4.78, 5) is 1.16. The maximum Gasteiger partial charge on any atom is 0.117 e. The lowest BCUT2D eigenvalue weighted by Gasteiger charge is -1.99. The van der Waals surface area contributed by atoms with Crippen LogP contribution in [0.25, 0.3) is 10.4 Å². The summed E-state index contributed by atoms with van der Waals surface area (Å²) in [6.07, 6.45) is 0. The average molecular weight is 255 g/mol. The zero-order chi connectivity index (χ0) is 9.26. The third kappa shape index (κ3) is 1.92. The van der Waals surface area contributed by atoms with Gasteiger partial charge in [-0.2, -0.15) is 0 Å². The molecule has 0 unspecified atom stereocenters. The van der Waals surface area contributed by atoms with E-state index in [0.717, 1.165) is 14.9 Å². The van der Waals surface area contributed by atoms with E-state index in [0.29, 0.717) is 0 Å². The van der Waals surface area contributed by atoms with E-state index in [9.17, 15) is 5.11 Å². The van der Waals surface area contributed by atoms with E-state index < -0.39 is 0 Å². The van der Waals surface area contributed by atoms with Crippen LogP contribution in [0.15, 0.2) is 40.2 Å². The van der Waals surface area contributed by atoms with Crippen LogP contribution in [0.4, 0.5) is 0 Å². The van der Waals surface area contributed by atoms with Gasteiger partial charge in [0.25, 0.3) is 0 Å². The van der Waals surface area contributed by atoms with E-state index in [4.69, 9.17) is 0 Å². The minimum absolute atomic E-state index is 0.290. The molecule has 0 fully saturated rings. The standard InChI is InChI=1S/C10H7BrOS/c11-8-4-7(5-9(12)6-8)10-2-1-3-13-10/h1-6,12H. The van der Waals surface area contributed by atoms with E-state index in [1.807, 2.05) is 23.6 Å². The molecule has 1 heterocycles. The minimum Gasteiger partial charge on any atom is -0.508 e. The molecule has 0 bridgehead atoms. The van der Waals surface area contributed by atoms with Gasteiger partial charge < -0.3 is 5.11 Å². The maximum atomic E-state index is 9.37. The number of hydrogen-bond donors (Lipinski definition) is 1. The van der Waals surface area contributed by atoms with Gasteiger partial charge in [-0.15, -0.1) is 11.3 Å². The Morgan fingerprint density at radius 2 is 2.08 bits per heavy atom. The molecule has 0 amide bonds. The van der Waals surface area contributed by atoms with E-state index in [1.54, 1.807) is 23.5 Å². The van der Waals surface area contributed by atoms with Gasteiger partial charge in [0.15, 0.2) is 0 Å². The van der Waals surface area contributed by atoms with Crippen LogP contribution in [-0.4, -0.2) is 5.11 Å². The predicted octanol–water partition coefficient (Wildman–Crippen LogP) is 3.88.